The van der Waals surface area contributed by atoms with Crippen molar-refractivity contribution < 1.29 is 9.47 Å². The van der Waals surface area contributed by atoms with Crippen LogP contribution >= 0.6 is 12.2 Å². The summed E-state index contributed by atoms with van der Waals surface area (Å²) in [6, 6.07) is 18.5. The van der Waals surface area contributed by atoms with Crippen molar-refractivity contribution in [2.45, 2.75) is 25.4 Å². The van der Waals surface area contributed by atoms with Gasteiger partial charge in [0.1, 0.15) is 5.75 Å². The van der Waals surface area contributed by atoms with E-state index in [4.69, 9.17) is 21.7 Å². The molecule has 1 aromatic carbocycles. The quantitative estimate of drug-likeness (QED) is 0.422. The minimum atomic E-state index is -0.0393. The van der Waals surface area contributed by atoms with E-state index in [1.807, 2.05) is 30.5 Å². The number of aryl methyl sites for hydroxylation is 1. The monoisotopic (exact) mass is 436 g/mol. The Balaban J connectivity index is 1.78. The molecule has 2 unspecified atom stereocenters. The molecule has 6 nitrogen and oxygen atoms in total. The molecule has 0 bridgehead atoms. The van der Waals surface area contributed by atoms with Gasteiger partial charge in [0.05, 0.1) is 24.9 Å². The van der Waals surface area contributed by atoms with Crippen molar-refractivity contribution in [1.82, 2.24) is 19.8 Å². The van der Waals surface area contributed by atoms with Gasteiger partial charge in [-0.3, -0.25) is 4.98 Å². The van der Waals surface area contributed by atoms with Crippen LogP contribution in [0.3, 0.4) is 0 Å². The summed E-state index contributed by atoms with van der Waals surface area (Å²) in [7, 11) is 3.41. The van der Waals surface area contributed by atoms with E-state index in [9.17, 15) is 0 Å². The van der Waals surface area contributed by atoms with Crippen molar-refractivity contribution in [3.05, 3.63) is 77.9 Å². The molecule has 0 amide bonds. The molecule has 2 atom stereocenters. The minimum absolute atomic E-state index is 0.00931. The second kappa shape index (κ2) is 9.49. The molecular weight excluding hydrogens is 408 g/mol. The van der Waals surface area contributed by atoms with E-state index >= 15 is 0 Å². The molecule has 0 spiro atoms. The van der Waals surface area contributed by atoms with Crippen molar-refractivity contribution in [1.29, 1.82) is 0 Å². The van der Waals surface area contributed by atoms with Crippen LogP contribution in [0.25, 0.3) is 5.69 Å². The molecule has 2 aromatic heterocycles. The number of pyridine rings is 1. The van der Waals surface area contributed by atoms with E-state index in [0.717, 1.165) is 40.9 Å². The summed E-state index contributed by atoms with van der Waals surface area (Å²) in [5.74, 6) is 0.839. The van der Waals surface area contributed by atoms with Crippen LogP contribution in [0.4, 0.5) is 0 Å². The lowest BCUT2D eigenvalue weighted by atomic mass is 10.0. The molecule has 1 fully saturated rings. The highest BCUT2D eigenvalue weighted by atomic mass is 32.1. The Kier molecular flexibility index (Phi) is 6.53. The maximum absolute atomic E-state index is 5.76. The van der Waals surface area contributed by atoms with Gasteiger partial charge in [-0.1, -0.05) is 6.07 Å². The molecule has 4 rings (SSSR count). The minimum Gasteiger partial charge on any atom is -0.497 e. The summed E-state index contributed by atoms with van der Waals surface area (Å²) in [5.41, 5.74) is 4.40. The van der Waals surface area contributed by atoms with Gasteiger partial charge >= 0.3 is 0 Å². The molecule has 1 N–H and O–H groups in total. The molecule has 1 aliphatic heterocycles. The SMILES string of the molecule is COCCCN1C(=S)NC(c2ccccn2)C1c1ccc(C)n1-c1ccc(OC)cc1. The fraction of sp³-hybridized carbons (Fsp3) is 0.333. The molecule has 3 heterocycles. The van der Waals surface area contributed by atoms with E-state index in [-0.39, 0.29) is 12.1 Å². The summed E-state index contributed by atoms with van der Waals surface area (Å²) in [5, 5.41) is 4.27. The zero-order valence-corrected chi connectivity index (χ0v) is 18.9. The Hall–Kier alpha value is -2.90. The Bertz CT molecular complexity index is 1020. The van der Waals surface area contributed by atoms with Crippen LogP contribution in [0, 0.1) is 6.92 Å². The average Bonchev–Trinajstić information content (AvgIpc) is 3.34. The first-order chi connectivity index (χ1) is 15.1. The predicted octanol–water partition coefficient (Wildman–Crippen LogP) is 4.20. The van der Waals surface area contributed by atoms with Crippen LogP contribution < -0.4 is 10.1 Å². The van der Waals surface area contributed by atoms with Gasteiger partial charge in [0, 0.05) is 43.5 Å². The lowest BCUT2D eigenvalue weighted by molar-refractivity contribution is 0.180. The Morgan fingerprint density at radius 3 is 2.55 bits per heavy atom. The van der Waals surface area contributed by atoms with Gasteiger partial charge in [-0.2, -0.15) is 0 Å². The van der Waals surface area contributed by atoms with Gasteiger partial charge in [-0.25, -0.2) is 0 Å². The molecule has 0 aliphatic carbocycles. The highest BCUT2D eigenvalue weighted by Gasteiger charge is 2.41. The summed E-state index contributed by atoms with van der Waals surface area (Å²) in [6.45, 7) is 3.62. The standard InChI is InChI=1S/C24H28N4O2S/c1-17-8-13-21(28(17)18-9-11-19(30-3)12-10-18)23-22(20-7-4-5-14-25-20)26-24(31)27(23)15-6-16-29-2/h4-5,7-14,22-23H,6,15-16H2,1-3H3,(H,26,31). The van der Waals surface area contributed by atoms with E-state index in [2.05, 4.69) is 57.0 Å². The van der Waals surface area contributed by atoms with Crippen LogP contribution in [-0.2, 0) is 4.74 Å². The lowest BCUT2D eigenvalue weighted by Crippen LogP contribution is -2.32. The summed E-state index contributed by atoms with van der Waals surface area (Å²) in [6.07, 6.45) is 2.73. The van der Waals surface area contributed by atoms with Crippen molar-refractivity contribution in [3.63, 3.8) is 0 Å². The molecule has 0 saturated carbocycles. The second-order valence-corrected chi connectivity index (χ2v) is 7.99. The molecule has 1 saturated heterocycles. The first kappa shape index (κ1) is 21.3. The highest BCUT2D eigenvalue weighted by molar-refractivity contribution is 7.80. The predicted molar refractivity (Wildman–Crippen MR) is 126 cm³/mol. The van der Waals surface area contributed by atoms with Gasteiger partial charge in [-0.15, -0.1) is 0 Å². The summed E-state index contributed by atoms with van der Waals surface area (Å²) in [4.78, 5) is 6.90. The number of aromatic nitrogens is 2. The van der Waals surface area contributed by atoms with Crippen LogP contribution in [-0.4, -0.2) is 46.9 Å². The average molecular weight is 437 g/mol. The fourth-order valence-corrected chi connectivity index (χ4v) is 4.55. The van der Waals surface area contributed by atoms with Crippen molar-refractivity contribution in [2.24, 2.45) is 0 Å². The zero-order chi connectivity index (χ0) is 21.8. The Morgan fingerprint density at radius 2 is 1.87 bits per heavy atom. The molecule has 162 valence electrons. The van der Waals surface area contributed by atoms with Gasteiger partial charge < -0.3 is 24.3 Å². The number of nitrogens with zero attached hydrogens (tertiary/aromatic N) is 3. The van der Waals surface area contributed by atoms with Crippen molar-refractivity contribution in [3.8, 4) is 11.4 Å². The number of thiocarbonyl (C=S) groups is 1. The van der Waals surface area contributed by atoms with Gasteiger partial charge in [-0.05, 0) is 74.1 Å². The molecular formula is C24H28N4O2S. The fourth-order valence-electron chi connectivity index (χ4n) is 4.22. The Morgan fingerprint density at radius 1 is 1.06 bits per heavy atom. The molecule has 3 aromatic rings. The van der Waals surface area contributed by atoms with E-state index in [1.54, 1.807) is 14.2 Å². The summed E-state index contributed by atoms with van der Waals surface area (Å²) < 4.78 is 12.9. The smallest absolute Gasteiger partial charge is 0.170 e. The van der Waals surface area contributed by atoms with Crippen LogP contribution in [0.2, 0.25) is 0 Å². The van der Waals surface area contributed by atoms with E-state index in [1.165, 1.54) is 5.69 Å². The van der Waals surface area contributed by atoms with Gasteiger partial charge in [0.2, 0.25) is 0 Å². The third kappa shape index (κ3) is 4.29. The van der Waals surface area contributed by atoms with Crippen molar-refractivity contribution in [2.75, 3.05) is 27.4 Å². The van der Waals surface area contributed by atoms with Crippen LogP contribution in [0.5, 0.6) is 5.75 Å². The van der Waals surface area contributed by atoms with Crippen LogP contribution in [0.15, 0.2) is 60.8 Å². The van der Waals surface area contributed by atoms with Gasteiger partial charge in [0.25, 0.3) is 0 Å². The molecule has 0 radical (unpaired) electrons. The topological polar surface area (TPSA) is 51.5 Å². The number of methoxy groups -OCH3 is 2. The number of benzene rings is 1. The number of nitrogens with one attached hydrogen (secondary N) is 1. The number of hydrogen-bond acceptors (Lipinski definition) is 4. The first-order valence-corrected chi connectivity index (χ1v) is 10.8. The number of rotatable bonds is 8. The van der Waals surface area contributed by atoms with E-state index < -0.39 is 0 Å². The summed E-state index contributed by atoms with van der Waals surface area (Å²) >= 11 is 5.76. The number of ether oxygens (including phenoxy) is 2. The van der Waals surface area contributed by atoms with E-state index in [0.29, 0.717) is 6.61 Å². The normalized spacial score (nSPS) is 18.3. The van der Waals surface area contributed by atoms with Crippen LogP contribution in [0.1, 0.15) is 35.6 Å². The highest BCUT2D eigenvalue weighted by Crippen LogP contribution is 2.40. The first-order valence-electron chi connectivity index (χ1n) is 10.4. The third-order valence-electron chi connectivity index (χ3n) is 5.69. The lowest BCUT2D eigenvalue weighted by Gasteiger charge is -2.29. The molecule has 7 heteroatoms. The largest absolute Gasteiger partial charge is 0.497 e. The zero-order valence-electron chi connectivity index (χ0n) is 18.1. The molecule has 31 heavy (non-hydrogen) atoms. The van der Waals surface area contributed by atoms with Gasteiger partial charge in [0.15, 0.2) is 5.11 Å². The third-order valence-corrected chi connectivity index (χ3v) is 6.04. The maximum Gasteiger partial charge on any atom is 0.170 e. The Labute approximate surface area is 188 Å². The van der Waals surface area contributed by atoms with Crippen molar-refractivity contribution >= 4 is 17.3 Å². The maximum atomic E-state index is 5.76. The second-order valence-electron chi connectivity index (χ2n) is 7.60. The number of hydrogen-bond donors (Lipinski definition) is 1. The molecule has 1 aliphatic rings.